The van der Waals surface area contributed by atoms with Gasteiger partial charge in [0.2, 0.25) is 0 Å². The summed E-state index contributed by atoms with van der Waals surface area (Å²) in [5, 5.41) is 0. The zero-order valence-electron chi connectivity index (χ0n) is 16.3. The third-order valence-corrected chi connectivity index (χ3v) is 4.58. The molecule has 0 amide bonds. The molecule has 0 spiro atoms. The van der Waals surface area contributed by atoms with Crippen molar-refractivity contribution in [2.45, 2.75) is 25.4 Å². The van der Waals surface area contributed by atoms with Crippen molar-refractivity contribution in [1.82, 2.24) is 4.90 Å². The molecule has 0 bridgehead atoms. The second kappa shape index (κ2) is 9.29. The van der Waals surface area contributed by atoms with Crippen LogP contribution in [0.1, 0.15) is 22.3 Å². The lowest BCUT2D eigenvalue weighted by molar-refractivity contribution is -0.137. The number of allylic oxidation sites excluding steroid dienone is 1. The van der Waals surface area contributed by atoms with E-state index < -0.39 is 23.6 Å². The minimum Gasteiger partial charge on any atom is -0.359 e. The highest BCUT2D eigenvalue weighted by molar-refractivity contribution is 5.55. The molecule has 0 aliphatic rings. The quantitative estimate of drug-likeness (QED) is 0.367. The van der Waals surface area contributed by atoms with Gasteiger partial charge in [-0.15, -0.1) is 0 Å². The summed E-state index contributed by atoms with van der Waals surface area (Å²) in [5.41, 5.74) is -0.886. The lowest BCUT2D eigenvalue weighted by Gasteiger charge is -2.29. The van der Waals surface area contributed by atoms with Crippen molar-refractivity contribution >= 4 is 6.08 Å². The second-order valence-corrected chi connectivity index (χ2v) is 6.98. The number of hydrogen-bond acceptors (Lipinski definition) is 1. The molecule has 3 rings (SSSR count). The normalized spacial score (nSPS) is 12.6. The van der Waals surface area contributed by atoms with Gasteiger partial charge >= 0.3 is 12.4 Å². The summed E-state index contributed by atoms with van der Waals surface area (Å²) in [6, 6.07) is 21.1. The fourth-order valence-corrected chi connectivity index (χ4v) is 3.15. The zero-order valence-corrected chi connectivity index (χ0v) is 16.3. The van der Waals surface area contributed by atoms with Gasteiger partial charge in [0.05, 0.1) is 5.56 Å². The molecule has 31 heavy (non-hydrogen) atoms. The molecule has 0 saturated heterocycles. The highest BCUT2D eigenvalue weighted by Crippen LogP contribution is 2.34. The predicted molar refractivity (Wildman–Crippen MR) is 108 cm³/mol. The van der Waals surface area contributed by atoms with Gasteiger partial charge in [0.1, 0.15) is 5.70 Å². The van der Waals surface area contributed by atoms with Gasteiger partial charge in [-0.2, -0.15) is 26.3 Å². The summed E-state index contributed by atoms with van der Waals surface area (Å²) in [6.07, 6.45) is -8.64. The molecule has 0 atom stereocenters. The molecule has 0 aliphatic carbocycles. The molecule has 0 aromatic heterocycles. The molecule has 0 unspecified atom stereocenters. The first-order valence-electron chi connectivity index (χ1n) is 9.42. The Balaban J connectivity index is 2.05. The monoisotopic (exact) mass is 435 g/mol. The topological polar surface area (TPSA) is 3.24 Å². The lowest BCUT2D eigenvalue weighted by Crippen LogP contribution is -2.31. The van der Waals surface area contributed by atoms with Crippen LogP contribution in [0.2, 0.25) is 0 Å². The van der Waals surface area contributed by atoms with E-state index in [4.69, 9.17) is 0 Å². The third-order valence-electron chi connectivity index (χ3n) is 4.58. The van der Waals surface area contributed by atoms with Crippen molar-refractivity contribution < 1.29 is 26.3 Å². The fourth-order valence-electron chi connectivity index (χ4n) is 3.15. The van der Waals surface area contributed by atoms with Gasteiger partial charge in [0, 0.05) is 13.1 Å². The minimum atomic E-state index is -4.77. The Morgan fingerprint density at radius 3 is 1.65 bits per heavy atom. The number of hydrogen-bond donors (Lipinski definition) is 0. The largest absolute Gasteiger partial charge is 0.431 e. The Hall–Kier alpha value is -3.22. The van der Waals surface area contributed by atoms with Crippen LogP contribution in [0.4, 0.5) is 26.3 Å². The van der Waals surface area contributed by atoms with Crippen LogP contribution in [-0.4, -0.2) is 11.1 Å². The lowest BCUT2D eigenvalue weighted by atomic mass is 10.1. The maximum Gasteiger partial charge on any atom is 0.431 e. The molecule has 3 aromatic carbocycles. The van der Waals surface area contributed by atoms with E-state index in [0.717, 1.165) is 29.2 Å². The first-order chi connectivity index (χ1) is 14.6. The maximum atomic E-state index is 14.1. The first kappa shape index (κ1) is 22.5. The predicted octanol–water partition coefficient (Wildman–Crippen LogP) is 7.31. The number of rotatable bonds is 6. The molecule has 3 aromatic rings. The molecule has 0 heterocycles. The second-order valence-electron chi connectivity index (χ2n) is 6.98. The standard InChI is InChI=1S/C24H19F6N/c25-23(26,27)21-13-7-12-20(14-21)15-22(24(28,29)30)31(16-18-8-3-1-4-9-18)17-19-10-5-2-6-11-19/h1-15H,16-17H2/b22-15+. The van der Waals surface area contributed by atoms with Crippen LogP contribution in [0.25, 0.3) is 6.08 Å². The van der Waals surface area contributed by atoms with E-state index in [9.17, 15) is 26.3 Å². The SMILES string of the molecule is FC(F)(F)/C(=C\c1cccc(C(F)(F)F)c1)N(Cc1ccccc1)Cc1ccccc1. The van der Waals surface area contributed by atoms with E-state index in [0.29, 0.717) is 11.1 Å². The molecule has 0 N–H and O–H groups in total. The Labute approximate surface area is 176 Å². The number of halogens is 6. The van der Waals surface area contributed by atoms with Crippen molar-refractivity contribution in [1.29, 1.82) is 0 Å². The molecule has 162 valence electrons. The summed E-state index contributed by atoms with van der Waals surface area (Å²) in [7, 11) is 0. The summed E-state index contributed by atoms with van der Waals surface area (Å²) < 4.78 is 81.2. The first-order valence-corrected chi connectivity index (χ1v) is 9.42. The Kier molecular flexibility index (Phi) is 6.73. The smallest absolute Gasteiger partial charge is 0.359 e. The maximum absolute atomic E-state index is 14.1. The van der Waals surface area contributed by atoms with Crippen LogP contribution in [0, 0.1) is 0 Å². The van der Waals surface area contributed by atoms with Crippen molar-refractivity contribution in [2.24, 2.45) is 0 Å². The van der Waals surface area contributed by atoms with Crippen LogP contribution >= 0.6 is 0 Å². The van der Waals surface area contributed by atoms with Crippen LogP contribution in [-0.2, 0) is 19.3 Å². The molecule has 0 aliphatic heterocycles. The molecular weight excluding hydrogens is 416 g/mol. The summed E-state index contributed by atoms with van der Waals surface area (Å²) in [5.74, 6) is 0. The van der Waals surface area contributed by atoms with E-state index in [-0.39, 0.29) is 18.7 Å². The van der Waals surface area contributed by atoms with Crippen LogP contribution < -0.4 is 0 Å². The Morgan fingerprint density at radius 1 is 0.677 bits per heavy atom. The van der Waals surface area contributed by atoms with E-state index in [2.05, 4.69) is 0 Å². The highest BCUT2D eigenvalue weighted by atomic mass is 19.4. The van der Waals surface area contributed by atoms with Crippen LogP contribution in [0.3, 0.4) is 0 Å². The van der Waals surface area contributed by atoms with Gasteiger partial charge in [-0.1, -0.05) is 72.8 Å². The van der Waals surface area contributed by atoms with E-state index in [1.165, 1.54) is 6.07 Å². The minimum absolute atomic E-state index is 0.0555. The molecule has 0 radical (unpaired) electrons. The average Bonchev–Trinajstić information content (AvgIpc) is 2.72. The van der Waals surface area contributed by atoms with Crippen molar-refractivity contribution in [3.05, 3.63) is 113 Å². The van der Waals surface area contributed by atoms with E-state index in [1.807, 2.05) is 0 Å². The highest BCUT2D eigenvalue weighted by Gasteiger charge is 2.38. The van der Waals surface area contributed by atoms with Gasteiger partial charge in [-0.05, 0) is 34.9 Å². The number of nitrogens with zero attached hydrogens (tertiary/aromatic N) is 1. The van der Waals surface area contributed by atoms with E-state index >= 15 is 0 Å². The van der Waals surface area contributed by atoms with Gasteiger partial charge in [-0.25, -0.2) is 0 Å². The van der Waals surface area contributed by atoms with Crippen molar-refractivity contribution in [3.8, 4) is 0 Å². The van der Waals surface area contributed by atoms with Crippen LogP contribution in [0.5, 0.6) is 0 Å². The Morgan fingerprint density at radius 2 is 1.19 bits per heavy atom. The summed E-state index contributed by atoms with van der Waals surface area (Å²) >= 11 is 0. The Bertz CT molecular complexity index is 966. The van der Waals surface area contributed by atoms with Crippen LogP contribution in [0.15, 0.2) is 90.6 Å². The van der Waals surface area contributed by atoms with Gasteiger partial charge in [0.15, 0.2) is 0 Å². The average molecular weight is 435 g/mol. The summed E-state index contributed by atoms with van der Waals surface area (Å²) in [4.78, 5) is 1.13. The number of alkyl halides is 6. The summed E-state index contributed by atoms with van der Waals surface area (Å²) in [6.45, 7) is -0.111. The molecule has 0 saturated carbocycles. The third kappa shape index (κ3) is 6.38. The molecule has 0 fully saturated rings. The van der Waals surface area contributed by atoms with Gasteiger partial charge < -0.3 is 4.90 Å². The van der Waals surface area contributed by atoms with Gasteiger partial charge in [-0.3, -0.25) is 0 Å². The molecule has 7 heteroatoms. The number of benzene rings is 3. The molecular formula is C24H19F6N. The van der Waals surface area contributed by atoms with E-state index in [1.54, 1.807) is 60.7 Å². The molecule has 1 nitrogen and oxygen atoms in total. The van der Waals surface area contributed by atoms with Crippen molar-refractivity contribution in [3.63, 3.8) is 0 Å². The fraction of sp³-hybridized carbons (Fsp3) is 0.167. The van der Waals surface area contributed by atoms with Gasteiger partial charge in [0.25, 0.3) is 0 Å². The van der Waals surface area contributed by atoms with Crippen molar-refractivity contribution in [2.75, 3.05) is 0 Å². The zero-order chi connectivity index (χ0) is 22.5.